The van der Waals surface area contributed by atoms with Crippen LogP contribution in [-0.2, 0) is 23.7 Å². The van der Waals surface area contributed by atoms with Crippen molar-refractivity contribution >= 4 is 11.0 Å². The molecule has 3 aliphatic heterocycles. The standard InChI is InChI=1S/C32H38O19/c1-11-19(37)22(40)24(42)29(47-11)45-8-17-20(38)23(41)27(51-31-28(43)32(44,9-33)10-46-31)30(49-17)50-26-21(39)18-15(36)6-14(35)7-16(18)48-25(26)12-2-4-13(34)5-3-12/h2-7,11,17,19-20,22-24,27-31,33-38,40-44H,8-10H2,1H3/t11-,17+,19-,20+,22-,23-,24+,27-,28+,29+,30-,31-,32+/m0/s1. The van der Waals surface area contributed by atoms with E-state index in [0.717, 1.165) is 12.1 Å². The highest BCUT2D eigenvalue weighted by Gasteiger charge is 2.54. The monoisotopic (exact) mass is 726 g/mol. The van der Waals surface area contributed by atoms with E-state index in [4.69, 9.17) is 32.8 Å². The van der Waals surface area contributed by atoms with Crippen LogP contribution in [0, 0.1) is 0 Å². The van der Waals surface area contributed by atoms with E-state index in [1.165, 1.54) is 31.2 Å². The number of aliphatic hydroxyl groups excluding tert-OH is 7. The summed E-state index contributed by atoms with van der Waals surface area (Å²) in [5, 5.41) is 114. The van der Waals surface area contributed by atoms with Gasteiger partial charge in [0.05, 0.1) is 25.9 Å². The van der Waals surface area contributed by atoms with Crippen LogP contribution in [0.2, 0.25) is 0 Å². The number of fused-ring (bicyclic) bond motifs is 1. The number of benzene rings is 2. The molecule has 0 spiro atoms. The molecule has 3 aromatic rings. The summed E-state index contributed by atoms with van der Waals surface area (Å²) in [6.07, 6.45) is -20.2. The molecule has 13 atom stereocenters. The lowest BCUT2D eigenvalue weighted by Gasteiger charge is -2.44. The molecular weight excluding hydrogens is 688 g/mol. The molecule has 51 heavy (non-hydrogen) atoms. The normalized spacial score (nSPS) is 37.1. The van der Waals surface area contributed by atoms with Gasteiger partial charge in [0.2, 0.25) is 17.5 Å². The average Bonchev–Trinajstić information content (AvgIpc) is 3.38. The molecule has 3 aliphatic rings. The maximum Gasteiger partial charge on any atom is 0.239 e. The fourth-order valence-corrected chi connectivity index (χ4v) is 5.98. The lowest BCUT2D eigenvalue weighted by Crippen LogP contribution is -2.63. The van der Waals surface area contributed by atoms with Gasteiger partial charge in [-0.15, -0.1) is 0 Å². The molecule has 0 radical (unpaired) electrons. The minimum Gasteiger partial charge on any atom is -0.508 e. The number of aliphatic hydroxyl groups is 8. The molecule has 2 aromatic carbocycles. The summed E-state index contributed by atoms with van der Waals surface area (Å²) in [6.45, 7) is -0.787. The summed E-state index contributed by atoms with van der Waals surface area (Å²) in [7, 11) is 0. The van der Waals surface area contributed by atoms with E-state index in [-0.39, 0.29) is 22.7 Å². The van der Waals surface area contributed by atoms with Crippen molar-refractivity contribution < 1.29 is 89.0 Å². The highest BCUT2D eigenvalue weighted by molar-refractivity contribution is 5.88. The van der Waals surface area contributed by atoms with Gasteiger partial charge in [-0.3, -0.25) is 4.79 Å². The van der Waals surface area contributed by atoms with Crippen LogP contribution < -0.4 is 10.2 Å². The Morgan fingerprint density at radius 1 is 0.843 bits per heavy atom. The molecule has 11 N–H and O–H groups in total. The van der Waals surface area contributed by atoms with Gasteiger partial charge in [0.1, 0.15) is 76.5 Å². The molecule has 1 aromatic heterocycles. The van der Waals surface area contributed by atoms with Crippen molar-refractivity contribution in [1.29, 1.82) is 0 Å². The maximum atomic E-state index is 14.0. The largest absolute Gasteiger partial charge is 0.508 e. The summed E-state index contributed by atoms with van der Waals surface area (Å²) in [5.41, 5.74) is -3.31. The first-order valence-electron chi connectivity index (χ1n) is 15.7. The van der Waals surface area contributed by atoms with E-state index in [1.807, 2.05) is 0 Å². The average molecular weight is 727 g/mol. The van der Waals surface area contributed by atoms with Crippen molar-refractivity contribution in [1.82, 2.24) is 0 Å². The second kappa shape index (κ2) is 14.4. The van der Waals surface area contributed by atoms with Crippen molar-refractivity contribution in [3.8, 4) is 34.3 Å². The molecule has 0 unspecified atom stereocenters. The van der Waals surface area contributed by atoms with Crippen molar-refractivity contribution in [2.24, 2.45) is 0 Å². The first kappa shape index (κ1) is 37.1. The van der Waals surface area contributed by atoms with Gasteiger partial charge in [0.25, 0.3) is 0 Å². The molecule has 19 nitrogen and oxygen atoms in total. The molecule has 3 saturated heterocycles. The van der Waals surface area contributed by atoms with Crippen LogP contribution in [0.4, 0.5) is 0 Å². The van der Waals surface area contributed by atoms with E-state index in [0.29, 0.717) is 0 Å². The number of hydrogen-bond donors (Lipinski definition) is 11. The lowest BCUT2D eigenvalue weighted by molar-refractivity contribution is -0.335. The van der Waals surface area contributed by atoms with Crippen molar-refractivity contribution in [3.63, 3.8) is 0 Å². The number of hydrogen-bond acceptors (Lipinski definition) is 19. The second-order valence-corrected chi connectivity index (χ2v) is 12.6. The Kier molecular flexibility index (Phi) is 10.5. The van der Waals surface area contributed by atoms with Gasteiger partial charge in [-0.2, -0.15) is 0 Å². The SMILES string of the molecule is C[C@@H]1O[C@@H](OC[C@H]2O[C@@H](Oc3c(-c4ccc(O)cc4)oc4cc(O)cc(O)c4c3=O)[C@@H](O[C@@H]3OC[C@](O)(CO)[C@@H]3O)[C@@H](O)[C@@H]2O)[C@H](O)[C@@H](O)[C@H]1O. The van der Waals surface area contributed by atoms with E-state index >= 15 is 0 Å². The van der Waals surface area contributed by atoms with Gasteiger partial charge >= 0.3 is 0 Å². The first-order chi connectivity index (χ1) is 24.1. The van der Waals surface area contributed by atoms with E-state index in [9.17, 15) is 61.0 Å². The molecule has 0 saturated carbocycles. The summed E-state index contributed by atoms with van der Waals surface area (Å²) >= 11 is 0. The summed E-state index contributed by atoms with van der Waals surface area (Å²) < 4.78 is 39.9. The van der Waals surface area contributed by atoms with E-state index in [1.54, 1.807) is 0 Å². The van der Waals surface area contributed by atoms with Crippen molar-refractivity contribution in [2.45, 2.75) is 86.3 Å². The second-order valence-electron chi connectivity index (χ2n) is 12.6. The lowest BCUT2D eigenvalue weighted by atomic mass is 9.97. The van der Waals surface area contributed by atoms with Gasteiger partial charge in [-0.05, 0) is 31.2 Å². The van der Waals surface area contributed by atoms with Gasteiger partial charge in [0, 0.05) is 17.7 Å². The van der Waals surface area contributed by atoms with Crippen LogP contribution >= 0.6 is 0 Å². The highest BCUT2D eigenvalue weighted by Crippen LogP contribution is 2.39. The Hall–Kier alpha value is -3.67. The summed E-state index contributed by atoms with van der Waals surface area (Å²) in [5.74, 6) is -2.27. The zero-order valence-electron chi connectivity index (χ0n) is 26.7. The van der Waals surface area contributed by atoms with Crippen molar-refractivity contribution in [3.05, 3.63) is 46.6 Å². The zero-order chi connectivity index (χ0) is 36.9. The number of ether oxygens (including phenoxy) is 6. The third kappa shape index (κ3) is 6.97. The third-order valence-corrected chi connectivity index (χ3v) is 9.03. The molecule has 280 valence electrons. The Morgan fingerprint density at radius 3 is 2.22 bits per heavy atom. The molecule has 19 heteroatoms. The molecule has 6 rings (SSSR count). The number of phenols is 3. The zero-order valence-corrected chi connectivity index (χ0v) is 26.7. The Bertz CT molecular complexity index is 1750. The predicted octanol–water partition coefficient (Wildman–Crippen LogP) is -2.93. The van der Waals surface area contributed by atoms with Crippen molar-refractivity contribution in [2.75, 3.05) is 19.8 Å². The summed E-state index contributed by atoms with van der Waals surface area (Å²) in [6, 6.07) is 7.15. The van der Waals surface area contributed by atoms with Crippen LogP contribution in [0.15, 0.2) is 45.6 Å². The third-order valence-electron chi connectivity index (χ3n) is 9.03. The van der Waals surface area contributed by atoms with Crippen LogP contribution in [-0.4, -0.2) is 155 Å². The molecule has 0 aliphatic carbocycles. The molecular formula is C32H38O19. The predicted molar refractivity (Wildman–Crippen MR) is 165 cm³/mol. The Labute approximate surface area is 287 Å². The smallest absolute Gasteiger partial charge is 0.239 e. The molecule has 4 heterocycles. The Morgan fingerprint density at radius 2 is 1.55 bits per heavy atom. The summed E-state index contributed by atoms with van der Waals surface area (Å²) in [4.78, 5) is 14.0. The van der Waals surface area contributed by atoms with E-state index in [2.05, 4.69) is 0 Å². The van der Waals surface area contributed by atoms with Crippen LogP contribution in [0.5, 0.6) is 23.0 Å². The molecule has 0 bridgehead atoms. The molecule has 0 amide bonds. The topological polar surface area (TPSA) is 308 Å². The van der Waals surface area contributed by atoms with E-state index < -0.39 is 127 Å². The van der Waals surface area contributed by atoms with Gasteiger partial charge in [-0.1, -0.05) is 0 Å². The van der Waals surface area contributed by atoms with Gasteiger partial charge in [-0.25, -0.2) is 0 Å². The van der Waals surface area contributed by atoms with Crippen LogP contribution in [0.1, 0.15) is 6.92 Å². The maximum absolute atomic E-state index is 14.0. The number of phenolic OH excluding ortho intramolecular Hbond substituents is 3. The molecule has 3 fully saturated rings. The van der Waals surface area contributed by atoms with Crippen LogP contribution in [0.3, 0.4) is 0 Å². The quantitative estimate of drug-likeness (QED) is 0.105. The Balaban J connectivity index is 1.38. The first-order valence-corrected chi connectivity index (χ1v) is 15.7. The fraction of sp³-hybridized carbons (Fsp3) is 0.531. The number of rotatable bonds is 9. The minimum absolute atomic E-state index is 0.138. The highest BCUT2D eigenvalue weighted by atomic mass is 16.8. The fourth-order valence-electron chi connectivity index (χ4n) is 5.98. The van der Waals surface area contributed by atoms with Gasteiger partial charge in [0.15, 0.2) is 24.4 Å². The minimum atomic E-state index is -2.17. The number of aromatic hydroxyl groups is 3. The van der Waals surface area contributed by atoms with Gasteiger partial charge < -0.3 is 89.0 Å². The van der Waals surface area contributed by atoms with Crippen LogP contribution in [0.25, 0.3) is 22.3 Å².